The number of fused-ring (bicyclic) bond motifs is 1. The lowest BCUT2D eigenvalue weighted by atomic mass is 9.88. The van der Waals surface area contributed by atoms with Crippen molar-refractivity contribution in [3.05, 3.63) is 10.6 Å². The van der Waals surface area contributed by atoms with Crippen LogP contribution in [-0.4, -0.2) is 128 Å². The van der Waals surface area contributed by atoms with Gasteiger partial charge in [0.05, 0.1) is 30.9 Å². The number of amides is 7. The third kappa shape index (κ3) is 18.2. The molecule has 0 bridgehead atoms. The number of imide groups is 1. The molecule has 1 aromatic heterocycles. The smallest absolute Gasteiger partial charge is 0.252 e. The molecule has 20 heteroatoms. The monoisotopic (exact) mass is 839 g/mol. The second-order valence-corrected chi connectivity index (χ2v) is 17.0. The Hall–Kier alpha value is -3.69. The van der Waals surface area contributed by atoms with Gasteiger partial charge >= 0.3 is 0 Å². The number of likely N-dealkylation sites (tertiary alicyclic amines) is 1. The zero-order valence-corrected chi connectivity index (χ0v) is 35.1. The molecule has 8 N–H and O–H groups in total. The minimum Gasteiger partial charge on any atom is -0.368 e. The number of thiazole rings is 1. The average Bonchev–Trinajstić information content (AvgIpc) is 3.69. The van der Waals surface area contributed by atoms with Gasteiger partial charge in [-0.05, 0) is 57.2 Å². The molecule has 320 valence electrons. The summed E-state index contributed by atoms with van der Waals surface area (Å²) in [4.78, 5) is 91.9. The van der Waals surface area contributed by atoms with Gasteiger partial charge in [-0.25, -0.2) is 4.98 Å². The van der Waals surface area contributed by atoms with Crippen molar-refractivity contribution in [1.82, 2.24) is 36.5 Å². The highest BCUT2D eigenvalue weighted by atomic mass is 32.2. The third-order valence-electron chi connectivity index (χ3n) is 9.34. The van der Waals surface area contributed by atoms with Crippen molar-refractivity contribution in [3.8, 4) is 0 Å². The summed E-state index contributed by atoms with van der Waals surface area (Å²) < 4.78 is 10.8. The van der Waals surface area contributed by atoms with E-state index in [0.29, 0.717) is 29.9 Å². The Morgan fingerprint density at radius 3 is 2.51 bits per heavy atom. The van der Waals surface area contributed by atoms with Crippen LogP contribution < -0.4 is 37.6 Å². The van der Waals surface area contributed by atoms with E-state index in [2.05, 4.69) is 43.8 Å². The van der Waals surface area contributed by atoms with Crippen LogP contribution in [0.2, 0.25) is 0 Å². The molecule has 2 atom stereocenters. The standard InChI is InChI=1S/C37H61N9O9S2/c1-4-13-40-25-9-10-26-27(18-25)57-36(44-26)45-32(50)22-55-21-31(49)41-14-7-5-6-8-17-56-28-19-33(51)46(34(28)52)15-11-30(48)43-23-39-24-54-16-12-37(2,3)35(53)42-20-29(38)47/h25,28,39-40H,4-24H2,1-3H3,(H2,38,47)(H,41,49)(H,42,53)(H,43,48)(H,44,45,50). The number of aryl methyl sites for hydroxylation is 1. The lowest BCUT2D eigenvalue weighted by molar-refractivity contribution is -0.139. The van der Waals surface area contributed by atoms with Crippen LogP contribution in [0.3, 0.4) is 0 Å². The fourth-order valence-corrected chi connectivity index (χ4v) is 8.24. The summed E-state index contributed by atoms with van der Waals surface area (Å²) in [7, 11) is 0. The number of aromatic nitrogens is 1. The van der Waals surface area contributed by atoms with E-state index in [9.17, 15) is 33.6 Å². The van der Waals surface area contributed by atoms with Crippen molar-refractivity contribution in [2.24, 2.45) is 11.1 Å². The van der Waals surface area contributed by atoms with Gasteiger partial charge in [0.15, 0.2) is 5.13 Å². The molecule has 0 aromatic carbocycles. The summed E-state index contributed by atoms with van der Waals surface area (Å²) >= 11 is 2.95. The number of unbranched alkanes of at least 4 members (excludes halogenated alkanes) is 3. The number of ether oxygens (including phenoxy) is 2. The summed E-state index contributed by atoms with van der Waals surface area (Å²) in [6, 6.07) is 0.446. The molecule has 1 aliphatic carbocycles. The average molecular weight is 840 g/mol. The van der Waals surface area contributed by atoms with Gasteiger partial charge in [-0.1, -0.05) is 33.6 Å². The Balaban J connectivity index is 1.14. The molecule has 7 amide bonds. The number of nitrogens with zero attached hydrogens (tertiary/aromatic N) is 2. The molecule has 57 heavy (non-hydrogen) atoms. The van der Waals surface area contributed by atoms with Gasteiger partial charge in [-0.3, -0.25) is 49.1 Å². The number of primary amides is 1. The SMILES string of the molecule is CCCNC1CCc2nc(NC(=O)COCC(=O)NCCCCCCSC3CC(=O)N(CCC(=O)NCNCOCCC(C)(C)C(=O)NCC(N)=O)C3=O)sc2C1. The number of hydrogen-bond acceptors (Lipinski definition) is 14. The Morgan fingerprint density at radius 2 is 1.74 bits per heavy atom. The molecule has 2 unspecified atom stereocenters. The Bertz CT molecular complexity index is 1510. The minimum absolute atomic E-state index is 0.0138. The highest BCUT2D eigenvalue weighted by Crippen LogP contribution is 2.30. The van der Waals surface area contributed by atoms with Crippen LogP contribution in [-0.2, 0) is 55.9 Å². The highest BCUT2D eigenvalue weighted by Gasteiger charge is 2.38. The van der Waals surface area contributed by atoms with E-state index in [1.807, 2.05) is 0 Å². The molecule has 0 radical (unpaired) electrons. The predicted octanol–water partition coefficient (Wildman–Crippen LogP) is 0.538. The van der Waals surface area contributed by atoms with Crippen molar-refractivity contribution in [1.29, 1.82) is 0 Å². The largest absolute Gasteiger partial charge is 0.368 e. The molecule has 1 saturated heterocycles. The molecule has 0 saturated carbocycles. The maximum Gasteiger partial charge on any atom is 0.252 e. The zero-order valence-electron chi connectivity index (χ0n) is 33.5. The number of carbonyl (C=O) groups excluding carboxylic acids is 7. The second kappa shape index (κ2) is 25.6. The lowest BCUT2D eigenvalue weighted by Crippen LogP contribution is -2.42. The lowest BCUT2D eigenvalue weighted by Gasteiger charge is -2.23. The van der Waals surface area contributed by atoms with Gasteiger partial charge < -0.3 is 36.5 Å². The number of rotatable bonds is 29. The molecule has 0 spiro atoms. The number of nitrogens with one attached hydrogen (secondary N) is 6. The van der Waals surface area contributed by atoms with Crippen LogP contribution in [0, 0.1) is 5.41 Å². The molecule has 3 rings (SSSR count). The number of nitrogens with two attached hydrogens (primary N) is 1. The van der Waals surface area contributed by atoms with Crippen molar-refractivity contribution in [2.45, 2.75) is 103 Å². The third-order valence-corrected chi connectivity index (χ3v) is 11.7. The molecule has 1 aliphatic heterocycles. The Labute approximate surface area is 343 Å². The van der Waals surface area contributed by atoms with E-state index in [1.165, 1.54) is 28.0 Å². The summed E-state index contributed by atoms with van der Waals surface area (Å²) in [5, 5.41) is 17.3. The van der Waals surface area contributed by atoms with E-state index in [0.717, 1.165) is 68.5 Å². The molecular formula is C37H61N9O9S2. The normalized spacial score (nSPS) is 16.6. The minimum atomic E-state index is -0.754. The first-order valence-electron chi connectivity index (χ1n) is 19.7. The first-order chi connectivity index (χ1) is 27.3. The van der Waals surface area contributed by atoms with Gasteiger partial charge in [-0.2, -0.15) is 0 Å². The van der Waals surface area contributed by atoms with Gasteiger partial charge in [0.25, 0.3) is 5.91 Å². The summed E-state index contributed by atoms with van der Waals surface area (Å²) in [5.74, 6) is -1.72. The van der Waals surface area contributed by atoms with E-state index in [-0.39, 0.29) is 94.6 Å². The maximum atomic E-state index is 12.8. The number of carbonyl (C=O) groups is 7. The predicted molar refractivity (Wildman–Crippen MR) is 217 cm³/mol. The van der Waals surface area contributed by atoms with Crippen LogP contribution in [0.5, 0.6) is 0 Å². The van der Waals surface area contributed by atoms with Gasteiger partial charge in [-0.15, -0.1) is 23.1 Å². The summed E-state index contributed by atoms with van der Waals surface area (Å²) in [6.45, 7) is 6.95. The maximum absolute atomic E-state index is 12.8. The fourth-order valence-electron chi connectivity index (χ4n) is 5.95. The van der Waals surface area contributed by atoms with E-state index < -0.39 is 16.6 Å². The van der Waals surface area contributed by atoms with E-state index in [1.54, 1.807) is 13.8 Å². The summed E-state index contributed by atoms with van der Waals surface area (Å²) in [6.07, 6.45) is 7.86. The van der Waals surface area contributed by atoms with Gasteiger partial charge in [0.1, 0.15) is 13.2 Å². The first kappa shape index (κ1) is 47.7. The highest BCUT2D eigenvalue weighted by molar-refractivity contribution is 8.00. The van der Waals surface area contributed by atoms with Crippen LogP contribution in [0.25, 0.3) is 0 Å². The Morgan fingerprint density at radius 1 is 0.965 bits per heavy atom. The first-order valence-corrected chi connectivity index (χ1v) is 21.6. The zero-order chi connectivity index (χ0) is 41.6. The number of hydrogen-bond donors (Lipinski definition) is 7. The van der Waals surface area contributed by atoms with Crippen LogP contribution in [0.1, 0.15) is 89.1 Å². The number of thioether (sulfide) groups is 1. The van der Waals surface area contributed by atoms with Crippen molar-refractivity contribution in [3.63, 3.8) is 0 Å². The fraction of sp³-hybridized carbons (Fsp3) is 0.730. The molecule has 18 nitrogen and oxygen atoms in total. The quantitative estimate of drug-likeness (QED) is 0.0331. The molecular weight excluding hydrogens is 779 g/mol. The topological polar surface area (TPSA) is 252 Å². The molecule has 1 fully saturated rings. The van der Waals surface area contributed by atoms with Crippen molar-refractivity contribution < 1.29 is 43.0 Å². The van der Waals surface area contributed by atoms with Crippen molar-refractivity contribution >= 4 is 69.6 Å². The van der Waals surface area contributed by atoms with Gasteiger partial charge in [0, 0.05) is 48.9 Å². The van der Waals surface area contributed by atoms with Gasteiger partial charge in [0.2, 0.25) is 35.4 Å². The van der Waals surface area contributed by atoms with Crippen LogP contribution in [0.15, 0.2) is 0 Å². The Kier molecular flexibility index (Phi) is 21.4. The summed E-state index contributed by atoms with van der Waals surface area (Å²) in [5.41, 5.74) is 5.34. The van der Waals surface area contributed by atoms with Crippen LogP contribution in [0.4, 0.5) is 5.13 Å². The van der Waals surface area contributed by atoms with Crippen LogP contribution >= 0.6 is 23.1 Å². The van der Waals surface area contributed by atoms with Crippen molar-refractivity contribution in [2.75, 3.05) is 70.5 Å². The second-order valence-electron chi connectivity index (χ2n) is 14.6. The van der Waals surface area contributed by atoms with E-state index in [4.69, 9.17) is 15.2 Å². The number of anilines is 1. The molecule has 2 aliphatic rings. The molecule has 1 aromatic rings. The van der Waals surface area contributed by atoms with E-state index >= 15 is 0 Å². The molecule has 2 heterocycles.